The molecule has 4 heteroatoms. The average Bonchev–Trinajstić information content (AvgIpc) is 2.18. The Morgan fingerprint density at radius 2 is 1.78 bits per heavy atom. The number of rotatable bonds is 6. The molecule has 0 atom stereocenters. The molecule has 0 fully saturated rings. The van der Waals surface area contributed by atoms with Crippen molar-refractivity contribution >= 4 is 5.78 Å². The molecule has 0 heterocycles. The summed E-state index contributed by atoms with van der Waals surface area (Å²) in [5.41, 5.74) is 0. The zero-order valence-corrected chi connectivity index (χ0v) is 18.7. The average molecular weight is 404 g/mol. The maximum absolute atomic E-state index is 11.3. The van der Waals surface area contributed by atoms with Crippen LogP contribution in [0, 0.1) is 19.4 Å². The second kappa shape index (κ2) is 18.7. The van der Waals surface area contributed by atoms with Crippen LogP contribution in [0.2, 0.25) is 0 Å². The normalized spacial score (nSPS) is 8.94. The van der Waals surface area contributed by atoms with Gasteiger partial charge in [-0.1, -0.05) is 13.8 Å². The molecular formula is C14H28NOY2. The van der Waals surface area contributed by atoms with E-state index in [4.69, 9.17) is 0 Å². The molecule has 101 valence electrons. The summed E-state index contributed by atoms with van der Waals surface area (Å²) >= 11 is 0. The van der Waals surface area contributed by atoms with E-state index in [0.717, 1.165) is 25.3 Å². The summed E-state index contributed by atoms with van der Waals surface area (Å²) in [4.78, 5) is 13.4. The van der Waals surface area contributed by atoms with E-state index in [-0.39, 0.29) is 71.2 Å². The molecule has 0 saturated carbocycles. The van der Waals surface area contributed by atoms with Crippen LogP contribution in [0.15, 0.2) is 0 Å². The van der Waals surface area contributed by atoms with Gasteiger partial charge in [0.15, 0.2) is 0 Å². The van der Waals surface area contributed by atoms with Gasteiger partial charge in [0.25, 0.3) is 0 Å². The minimum Gasteiger partial charge on any atom is -0.432 e. The Bertz CT molecular complexity index is 175. The van der Waals surface area contributed by atoms with Crippen molar-refractivity contribution in [1.82, 2.24) is 4.90 Å². The van der Waals surface area contributed by atoms with Crippen LogP contribution in [-0.4, -0.2) is 23.8 Å². The molecule has 0 rings (SSSR count). The third kappa shape index (κ3) is 15.8. The number of likely N-dealkylation sites (N-methyl/N-ethyl adjacent to an activating group) is 1. The van der Waals surface area contributed by atoms with Crippen LogP contribution >= 0.6 is 0 Å². The van der Waals surface area contributed by atoms with Crippen molar-refractivity contribution in [1.29, 1.82) is 0 Å². The van der Waals surface area contributed by atoms with E-state index in [0.29, 0.717) is 6.04 Å². The molecule has 0 saturated heterocycles. The fraction of sp³-hybridized carbons (Fsp3) is 0.714. The Kier molecular flexibility index (Phi) is 29.1. The predicted octanol–water partition coefficient (Wildman–Crippen LogP) is 3.68. The number of hydrogen-bond donors (Lipinski definition) is 0. The second-order valence-corrected chi connectivity index (χ2v) is 4.24. The summed E-state index contributed by atoms with van der Waals surface area (Å²) in [6, 6.07) is 1.32. The van der Waals surface area contributed by atoms with E-state index in [9.17, 15) is 4.79 Å². The monoisotopic (exact) mass is 404 g/mol. The van der Waals surface area contributed by atoms with Crippen molar-refractivity contribution < 1.29 is 70.2 Å². The van der Waals surface area contributed by atoms with Crippen LogP contribution in [0.4, 0.5) is 0 Å². The fourth-order valence-electron chi connectivity index (χ4n) is 1.20. The summed E-state index contributed by atoms with van der Waals surface area (Å²) < 4.78 is 0. The first-order chi connectivity index (χ1) is 7.42. The number of hydrogen-bond acceptors (Lipinski definition) is 2. The fourth-order valence-corrected chi connectivity index (χ4v) is 1.20. The third-order valence-electron chi connectivity index (χ3n) is 2.27. The van der Waals surface area contributed by atoms with Crippen LogP contribution < -0.4 is 0 Å². The molecule has 0 aliphatic carbocycles. The third-order valence-corrected chi connectivity index (χ3v) is 2.27. The molecule has 0 aromatic rings. The van der Waals surface area contributed by atoms with Crippen LogP contribution in [0.5, 0.6) is 0 Å². The predicted molar refractivity (Wildman–Crippen MR) is 71.7 cm³/mol. The molecule has 0 N–H and O–H groups in total. The van der Waals surface area contributed by atoms with Crippen LogP contribution in [0.1, 0.15) is 53.9 Å². The minimum atomic E-state index is 0. The van der Waals surface area contributed by atoms with E-state index in [1.165, 1.54) is 0 Å². The van der Waals surface area contributed by atoms with Crippen molar-refractivity contribution in [3.8, 4) is 0 Å². The molecule has 0 aromatic carbocycles. The molecule has 0 aromatic heterocycles. The molecule has 0 aliphatic rings. The number of nitrogens with zero attached hydrogens (tertiary/aromatic N) is 1. The van der Waals surface area contributed by atoms with Gasteiger partial charge in [-0.3, -0.25) is 0 Å². The summed E-state index contributed by atoms with van der Waals surface area (Å²) in [7, 11) is 1.98. The van der Waals surface area contributed by atoms with Gasteiger partial charge in [0.05, 0.1) is 0 Å². The topological polar surface area (TPSA) is 20.3 Å². The van der Waals surface area contributed by atoms with E-state index in [1.54, 1.807) is 6.92 Å². The molecule has 0 unspecified atom stereocenters. The molecule has 0 spiro atoms. The van der Waals surface area contributed by atoms with Gasteiger partial charge in [0, 0.05) is 38.5 Å². The van der Waals surface area contributed by atoms with E-state index < -0.39 is 0 Å². The van der Waals surface area contributed by atoms with Gasteiger partial charge in [-0.2, -0.15) is 20.3 Å². The van der Waals surface area contributed by atoms with Gasteiger partial charge in [0.1, 0.15) is 0 Å². The van der Waals surface area contributed by atoms with Crippen molar-refractivity contribution in [2.75, 3.05) is 7.05 Å². The van der Waals surface area contributed by atoms with E-state index in [1.807, 2.05) is 27.3 Å². The number of unbranched alkanes of at least 4 members (excludes halogenated alkanes) is 1. The SMILES string of the molecule is C[CH-]C.[CH2-]CCC[C-](C(C)=O)N(C)C(C)C.[Y+3].[Y]. The van der Waals surface area contributed by atoms with Crippen LogP contribution in [0.25, 0.3) is 0 Å². The van der Waals surface area contributed by atoms with Crippen molar-refractivity contribution in [3.63, 3.8) is 0 Å². The first-order valence-corrected chi connectivity index (χ1v) is 6.05. The number of ketones is 1. The van der Waals surface area contributed by atoms with Gasteiger partial charge in [-0.25, -0.2) is 6.04 Å². The number of carbonyl (C=O) groups is 1. The van der Waals surface area contributed by atoms with Gasteiger partial charge < -0.3 is 23.0 Å². The van der Waals surface area contributed by atoms with Gasteiger partial charge in [0.2, 0.25) is 0 Å². The molecule has 2 nitrogen and oxygen atoms in total. The van der Waals surface area contributed by atoms with Crippen molar-refractivity contribution in [2.24, 2.45) is 0 Å². The Morgan fingerprint density at radius 3 is 2.00 bits per heavy atom. The maximum atomic E-state index is 11.3. The first-order valence-electron chi connectivity index (χ1n) is 6.05. The molecule has 18 heavy (non-hydrogen) atoms. The van der Waals surface area contributed by atoms with Crippen molar-refractivity contribution in [3.05, 3.63) is 19.4 Å². The van der Waals surface area contributed by atoms with Gasteiger partial charge in [-0.05, 0) is 20.0 Å². The second-order valence-electron chi connectivity index (χ2n) is 4.24. The molecule has 0 aliphatic heterocycles. The standard InChI is InChI=1S/C11H21NO.C3H7.2Y/c1-6-7-8-11(10(4)13)12(5)9(2)3;1-3-2;;/h9H,1,6-8H2,2-5H3;3H,1-2H3;;/q-2;-1;;+3. The summed E-state index contributed by atoms with van der Waals surface area (Å²) in [6.45, 7) is 13.6. The maximum Gasteiger partial charge on any atom is 3.00 e. The smallest absolute Gasteiger partial charge is 0.432 e. The van der Waals surface area contributed by atoms with Gasteiger partial charge in [-0.15, -0.1) is 12.8 Å². The molecular weight excluding hydrogens is 376 g/mol. The largest absolute Gasteiger partial charge is 3.00 e. The Morgan fingerprint density at radius 1 is 1.39 bits per heavy atom. The number of carbonyl (C=O) groups excluding carboxylic acids is 1. The summed E-state index contributed by atoms with van der Waals surface area (Å²) in [5, 5.41) is 0. The summed E-state index contributed by atoms with van der Waals surface area (Å²) in [5.74, 6) is 0.185. The Balaban J connectivity index is -0.000000177. The zero-order valence-electron chi connectivity index (χ0n) is 13.0. The molecule has 1 radical (unpaired) electrons. The number of Topliss-reactive ketones (excluding diaryl/α,β-unsaturated/α-hetero) is 1. The van der Waals surface area contributed by atoms with Crippen LogP contribution in [-0.2, 0) is 70.2 Å². The first kappa shape index (κ1) is 28.0. The summed E-state index contributed by atoms with van der Waals surface area (Å²) in [6.07, 6.45) is 4.74. The Hall–Kier alpha value is 1.71. The van der Waals surface area contributed by atoms with Crippen molar-refractivity contribution in [2.45, 2.75) is 59.9 Å². The van der Waals surface area contributed by atoms with Gasteiger partial charge >= 0.3 is 32.7 Å². The molecule has 0 amide bonds. The van der Waals surface area contributed by atoms with Crippen LogP contribution in [0.3, 0.4) is 0 Å². The molecule has 0 bridgehead atoms. The van der Waals surface area contributed by atoms with E-state index >= 15 is 0 Å². The van der Waals surface area contributed by atoms with E-state index in [2.05, 4.69) is 25.7 Å². The zero-order chi connectivity index (χ0) is 13.1. The minimum absolute atomic E-state index is 0. The Labute approximate surface area is 165 Å². The quantitative estimate of drug-likeness (QED) is 0.630.